The lowest BCUT2D eigenvalue weighted by Crippen LogP contribution is -2.53. The molecule has 1 aromatic carbocycles. The van der Waals surface area contributed by atoms with Gasteiger partial charge in [-0.25, -0.2) is 4.98 Å². The van der Waals surface area contributed by atoms with Crippen LogP contribution in [0.15, 0.2) is 53.8 Å². The number of aromatic nitrogens is 1. The third-order valence-electron chi connectivity index (χ3n) is 10.2. The predicted octanol–water partition coefficient (Wildman–Crippen LogP) is 5.20. The maximum Gasteiger partial charge on any atom is 0.416 e. The SMILES string of the molecule is CCN(c1cc(-c2ccc(N3CCOCC3)nc2)cc(C(=O)NCC2C(=O)NC(C)C3=CC(C(F)(F)F)=CCC32)c1C)C1CCOCC1. The molecular formula is C36H44F3N5O4. The van der Waals surface area contributed by atoms with E-state index >= 15 is 0 Å². The van der Waals surface area contributed by atoms with Crippen LogP contribution >= 0.6 is 0 Å². The van der Waals surface area contributed by atoms with Crippen LogP contribution in [0.2, 0.25) is 0 Å². The average molecular weight is 668 g/mol. The minimum atomic E-state index is -4.46. The molecule has 3 aliphatic heterocycles. The fraction of sp³-hybridized carbons (Fsp3) is 0.528. The van der Waals surface area contributed by atoms with Crippen molar-refractivity contribution in [3.63, 3.8) is 0 Å². The molecule has 0 bridgehead atoms. The maximum atomic E-state index is 14.0. The number of fused-ring (bicyclic) bond motifs is 1. The molecule has 2 N–H and O–H groups in total. The second kappa shape index (κ2) is 14.3. The number of allylic oxidation sites excluding steroid dienone is 3. The highest BCUT2D eigenvalue weighted by Gasteiger charge is 2.43. The summed E-state index contributed by atoms with van der Waals surface area (Å²) in [6.07, 6.45) is 1.53. The first kappa shape index (κ1) is 34.0. The van der Waals surface area contributed by atoms with Crippen molar-refractivity contribution in [2.75, 3.05) is 62.4 Å². The van der Waals surface area contributed by atoms with Crippen LogP contribution in [0.3, 0.4) is 0 Å². The van der Waals surface area contributed by atoms with Gasteiger partial charge in [-0.15, -0.1) is 0 Å². The topological polar surface area (TPSA) is 96.0 Å². The molecule has 1 aromatic heterocycles. The summed E-state index contributed by atoms with van der Waals surface area (Å²) < 4.78 is 51.6. The first-order valence-electron chi connectivity index (χ1n) is 16.9. The molecule has 2 aromatic rings. The summed E-state index contributed by atoms with van der Waals surface area (Å²) in [5, 5.41) is 5.80. The fourth-order valence-corrected chi connectivity index (χ4v) is 7.45. The third-order valence-corrected chi connectivity index (χ3v) is 10.2. The number of morpholine rings is 1. The van der Waals surface area contributed by atoms with Crippen molar-refractivity contribution in [1.29, 1.82) is 0 Å². The molecule has 3 saturated heterocycles. The van der Waals surface area contributed by atoms with Crippen LogP contribution in [-0.2, 0) is 14.3 Å². The number of nitrogens with one attached hydrogen (secondary N) is 2. The number of piperidine rings is 1. The average Bonchev–Trinajstić information content (AvgIpc) is 3.09. The minimum absolute atomic E-state index is 0.000836. The van der Waals surface area contributed by atoms with Crippen LogP contribution in [-0.4, -0.2) is 87.7 Å². The van der Waals surface area contributed by atoms with Gasteiger partial charge in [-0.05, 0) is 93.0 Å². The quantitative estimate of drug-likeness (QED) is 0.400. The Labute approximate surface area is 279 Å². The van der Waals surface area contributed by atoms with Crippen molar-refractivity contribution >= 4 is 23.3 Å². The number of hydrogen-bond donors (Lipinski definition) is 2. The van der Waals surface area contributed by atoms with Gasteiger partial charge in [-0.2, -0.15) is 13.2 Å². The summed E-state index contributed by atoms with van der Waals surface area (Å²) in [7, 11) is 0. The molecule has 0 spiro atoms. The largest absolute Gasteiger partial charge is 0.416 e. The zero-order chi connectivity index (χ0) is 34.0. The molecule has 0 saturated carbocycles. The van der Waals surface area contributed by atoms with Crippen molar-refractivity contribution in [3.05, 3.63) is 64.9 Å². The van der Waals surface area contributed by atoms with Gasteiger partial charge in [-0.1, -0.05) is 6.08 Å². The van der Waals surface area contributed by atoms with E-state index in [0.717, 1.165) is 72.8 Å². The zero-order valence-electron chi connectivity index (χ0n) is 27.7. The Morgan fingerprint density at radius 1 is 1.10 bits per heavy atom. The fourth-order valence-electron chi connectivity index (χ4n) is 7.45. The van der Waals surface area contributed by atoms with E-state index in [1.54, 1.807) is 6.92 Å². The van der Waals surface area contributed by atoms with E-state index in [-0.39, 0.29) is 30.8 Å². The van der Waals surface area contributed by atoms with Crippen LogP contribution < -0.4 is 20.4 Å². The van der Waals surface area contributed by atoms with Gasteiger partial charge in [0.15, 0.2) is 0 Å². The summed E-state index contributed by atoms with van der Waals surface area (Å²) in [5.74, 6) is -0.864. The second-order valence-corrected chi connectivity index (χ2v) is 13.0. The Hall–Kier alpha value is -3.90. The molecule has 258 valence electrons. The van der Waals surface area contributed by atoms with Crippen molar-refractivity contribution in [3.8, 4) is 11.1 Å². The van der Waals surface area contributed by atoms with Crippen LogP contribution in [0.5, 0.6) is 0 Å². The number of carbonyl (C=O) groups is 2. The van der Waals surface area contributed by atoms with E-state index in [2.05, 4.69) is 33.4 Å². The highest BCUT2D eigenvalue weighted by atomic mass is 19.4. The molecule has 9 nitrogen and oxygen atoms in total. The number of ether oxygens (including phenoxy) is 2. The maximum absolute atomic E-state index is 14.0. The van der Waals surface area contributed by atoms with Gasteiger partial charge in [-0.3, -0.25) is 9.59 Å². The first-order chi connectivity index (χ1) is 23.0. The number of pyridine rings is 1. The molecule has 3 atom stereocenters. The molecule has 2 amide bonds. The van der Waals surface area contributed by atoms with Crippen molar-refractivity contribution in [2.45, 2.75) is 58.3 Å². The number of anilines is 2. The van der Waals surface area contributed by atoms with Crippen LogP contribution in [0.1, 0.15) is 49.0 Å². The smallest absolute Gasteiger partial charge is 0.381 e. The Bertz CT molecular complexity index is 1560. The lowest BCUT2D eigenvalue weighted by Gasteiger charge is -2.39. The molecule has 3 fully saturated rings. The Kier molecular flexibility index (Phi) is 10.1. The van der Waals surface area contributed by atoms with E-state index in [0.29, 0.717) is 37.6 Å². The molecule has 4 heterocycles. The Morgan fingerprint density at radius 2 is 1.83 bits per heavy atom. The summed E-state index contributed by atoms with van der Waals surface area (Å²) in [6, 6.07) is 7.74. The normalized spacial score (nSPS) is 23.5. The van der Waals surface area contributed by atoms with E-state index < -0.39 is 29.6 Å². The van der Waals surface area contributed by atoms with E-state index in [1.165, 1.54) is 0 Å². The summed E-state index contributed by atoms with van der Waals surface area (Å²) in [5.41, 5.74) is 3.81. The predicted molar refractivity (Wildman–Crippen MR) is 178 cm³/mol. The highest BCUT2D eigenvalue weighted by molar-refractivity contribution is 5.99. The summed E-state index contributed by atoms with van der Waals surface area (Å²) >= 11 is 0. The monoisotopic (exact) mass is 667 g/mol. The summed E-state index contributed by atoms with van der Waals surface area (Å²) in [4.78, 5) is 36.4. The minimum Gasteiger partial charge on any atom is -0.381 e. The molecule has 12 heteroatoms. The zero-order valence-corrected chi connectivity index (χ0v) is 27.7. The van der Waals surface area contributed by atoms with Gasteiger partial charge >= 0.3 is 6.18 Å². The number of rotatable bonds is 8. The molecule has 3 unspecified atom stereocenters. The van der Waals surface area contributed by atoms with E-state index in [1.807, 2.05) is 31.3 Å². The van der Waals surface area contributed by atoms with Crippen LogP contribution in [0.25, 0.3) is 11.1 Å². The number of benzene rings is 1. The number of nitrogens with zero attached hydrogens (tertiary/aromatic N) is 3. The number of halogens is 3. The van der Waals surface area contributed by atoms with Crippen LogP contribution in [0, 0.1) is 18.8 Å². The molecule has 1 aliphatic carbocycles. The Balaban J connectivity index is 1.29. The standard InChI is InChI=1S/C36H44F3N5O4/c1-4-44(27-9-13-47-14-10-27)32-18-25(24-5-8-33(40-20-24)43-11-15-48-16-12-43)17-29(22(32)2)34(45)41-21-31-28-7-6-26(36(37,38)39)19-30(28)23(3)42-35(31)46/h5-6,8,17-20,23,27-28,31H,4,7,9-16,21H2,1-3H3,(H,41,45)(H,42,46). The van der Waals surface area contributed by atoms with E-state index in [9.17, 15) is 22.8 Å². The number of carbonyl (C=O) groups excluding carboxylic acids is 2. The van der Waals surface area contributed by atoms with Gasteiger partial charge in [0.1, 0.15) is 5.82 Å². The van der Waals surface area contributed by atoms with Crippen LogP contribution in [0.4, 0.5) is 24.7 Å². The second-order valence-electron chi connectivity index (χ2n) is 13.0. The van der Waals surface area contributed by atoms with E-state index in [4.69, 9.17) is 14.5 Å². The lowest BCUT2D eigenvalue weighted by atomic mass is 9.73. The molecule has 48 heavy (non-hydrogen) atoms. The molecule has 0 radical (unpaired) electrons. The number of hydrogen-bond acceptors (Lipinski definition) is 7. The van der Waals surface area contributed by atoms with Crippen molar-refractivity contribution < 1.29 is 32.2 Å². The first-order valence-corrected chi connectivity index (χ1v) is 16.9. The molecule has 4 aliphatic rings. The van der Waals surface area contributed by atoms with Gasteiger partial charge in [0.25, 0.3) is 5.91 Å². The van der Waals surface area contributed by atoms with Crippen molar-refractivity contribution in [1.82, 2.24) is 15.6 Å². The van der Waals surface area contributed by atoms with Gasteiger partial charge in [0.2, 0.25) is 5.91 Å². The van der Waals surface area contributed by atoms with Gasteiger partial charge in [0.05, 0.1) is 24.7 Å². The number of alkyl halides is 3. The van der Waals surface area contributed by atoms with Crippen molar-refractivity contribution in [2.24, 2.45) is 11.8 Å². The Morgan fingerprint density at radius 3 is 2.50 bits per heavy atom. The highest BCUT2D eigenvalue weighted by Crippen LogP contribution is 2.40. The summed E-state index contributed by atoms with van der Waals surface area (Å²) in [6.45, 7) is 10.7. The van der Waals surface area contributed by atoms with Gasteiger partial charge < -0.3 is 29.9 Å². The molecular weight excluding hydrogens is 623 g/mol. The molecule has 6 rings (SSSR count). The van der Waals surface area contributed by atoms with Gasteiger partial charge in [0, 0.05) is 74.5 Å². The number of amides is 2. The third kappa shape index (κ3) is 7.10. The lowest BCUT2D eigenvalue weighted by molar-refractivity contribution is -0.128.